The minimum absolute atomic E-state index is 0.0461. The van der Waals surface area contributed by atoms with Gasteiger partial charge in [-0.15, -0.1) is 0 Å². The standard InChI is InChI=1S/C12H15FN2O3/c1-12(2,3)18-11(16)15-8-4-9(10-6-17-10)14-5-7(8)13/h4-5,10H,6H2,1-3H3,(H,14,15,16). The molecule has 1 aromatic heterocycles. The van der Waals surface area contributed by atoms with E-state index in [9.17, 15) is 9.18 Å². The van der Waals surface area contributed by atoms with Gasteiger partial charge in [-0.05, 0) is 26.8 Å². The number of amides is 1. The van der Waals surface area contributed by atoms with E-state index in [2.05, 4.69) is 10.3 Å². The van der Waals surface area contributed by atoms with E-state index >= 15 is 0 Å². The lowest BCUT2D eigenvalue weighted by atomic mass is 10.2. The van der Waals surface area contributed by atoms with Crippen LogP contribution in [0, 0.1) is 5.82 Å². The third-order valence-corrected chi connectivity index (χ3v) is 2.18. The first-order chi connectivity index (χ1) is 8.35. The van der Waals surface area contributed by atoms with Gasteiger partial charge in [-0.1, -0.05) is 0 Å². The van der Waals surface area contributed by atoms with E-state index in [-0.39, 0.29) is 11.8 Å². The van der Waals surface area contributed by atoms with Crippen LogP contribution in [0.5, 0.6) is 0 Å². The summed E-state index contributed by atoms with van der Waals surface area (Å²) >= 11 is 0. The SMILES string of the molecule is CC(C)(C)OC(=O)Nc1cc(C2CO2)ncc1F. The van der Waals surface area contributed by atoms with Gasteiger partial charge >= 0.3 is 6.09 Å². The number of hydrogen-bond donors (Lipinski definition) is 1. The summed E-state index contributed by atoms with van der Waals surface area (Å²) in [5, 5.41) is 2.36. The summed E-state index contributed by atoms with van der Waals surface area (Å²) in [7, 11) is 0. The van der Waals surface area contributed by atoms with Crippen LogP contribution in [0.15, 0.2) is 12.3 Å². The van der Waals surface area contributed by atoms with E-state index in [1.165, 1.54) is 6.07 Å². The van der Waals surface area contributed by atoms with Crippen molar-refractivity contribution in [3.8, 4) is 0 Å². The van der Waals surface area contributed by atoms with Gasteiger partial charge in [0.15, 0.2) is 5.82 Å². The van der Waals surface area contributed by atoms with Crippen molar-refractivity contribution in [1.82, 2.24) is 4.98 Å². The van der Waals surface area contributed by atoms with Gasteiger partial charge < -0.3 is 9.47 Å². The van der Waals surface area contributed by atoms with Crippen LogP contribution in [0.3, 0.4) is 0 Å². The third-order valence-electron chi connectivity index (χ3n) is 2.18. The molecule has 1 aliphatic rings. The number of hydrogen-bond acceptors (Lipinski definition) is 4. The molecule has 0 radical (unpaired) electrons. The Labute approximate surface area is 104 Å². The summed E-state index contributed by atoms with van der Waals surface area (Å²) in [5.74, 6) is -0.606. The molecule has 98 valence electrons. The average molecular weight is 254 g/mol. The number of anilines is 1. The first-order valence-corrected chi connectivity index (χ1v) is 5.62. The zero-order valence-corrected chi connectivity index (χ0v) is 10.5. The fourth-order valence-electron chi connectivity index (χ4n) is 1.36. The number of epoxide rings is 1. The number of aromatic nitrogens is 1. The fraction of sp³-hybridized carbons (Fsp3) is 0.500. The van der Waals surface area contributed by atoms with Gasteiger partial charge in [0, 0.05) is 0 Å². The first kappa shape index (κ1) is 12.8. The Balaban J connectivity index is 2.08. The Morgan fingerprint density at radius 2 is 2.28 bits per heavy atom. The summed E-state index contributed by atoms with van der Waals surface area (Å²) in [6.45, 7) is 5.78. The van der Waals surface area contributed by atoms with Crippen molar-refractivity contribution in [2.45, 2.75) is 32.5 Å². The van der Waals surface area contributed by atoms with Crippen LogP contribution in [0.25, 0.3) is 0 Å². The zero-order chi connectivity index (χ0) is 13.3. The summed E-state index contributed by atoms with van der Waals surface area (Å²) in [6.07, 6.45) is 0.268. The van der Waals surface area contributed by atoms with Crippen molar-refractivity contribution in [3.63, 3.8) is 0 Å². The number of ether oxygens (including phenoxy) is 2. The predicted molar refractivity (Wildman–Crippen MR) is 62.7 cm³/mol. The highest BCUT2D eigenvalue weighted by Gasteiger charge is 2.27. The molecule has 2 heterocycles. The molecule has 1 N–H and O–H groups in total. The topological polar surface area (TPSA) is 63.8 Å². The number of carbonyl (C=O) groups is 1. The summed E-state index contributed by atoms with van der Waals surface area (Å²) in [4.78, 5) is 15.4. The lowest BCUT2D eigenvalue weighted by Gasteiger charge is -2.19. The highest BCUT2D eigenvalue weighted by atomic mass is 19.1. The Kier molecular flexibility index (Phi) is 3.21. The molecule has 1 unspecified atom stereocenters. The summed E-state index contributed by atoms with van der Waals surface area (Å²) in [6, 6.07) is 1.46. The molecule has 0 bridgehead atoms. The van der Waals surface area contributed by atoms with Gasteiger partial charge in [-0.25, -0.2) is 9.18 Å². The molecule has 1 atom stereocenters. The van der Waals surface area contributed by atoms with Crippen LogP contribution >= 0.6 is 0 Å². The second-order valence-corrected chi connectivity index (χ2v) is 5.04. The number of rotatable bonds is 2. The zero-order valence-electron chi connectivity index (χ0n) is 10.5. The first-order valence-electron chi connectivity index (χ1n) is 5.62. The number of nitrogens with one attached hydrogen (secondary N) is 1. The minimum atomic E-state index is -0.699. The van der Waals surface area contributed by atoms with Gasteiger partial charge in [-0.2, -0.15) is 0 Å². The van der Waals surface area contributed by atoms with Crippen LogP contribution in [0.1, 0.15) is 32.6 Å². The van der Waals surface area contributed by atoms with Crippen LogP contribution in [0.2, 0.25) is 0 Å². The predicted octanol–water partition coefficient (Wildman–Crippen LogP) is 2.64. The molecule has 1 aromatic rings. The van der Waals surface area contributed by atoms with Crippen LogP contribution in [-0.2, 0) is 9.47 Å². The van der Waals surface area contributed by atoms with Gasteiger partial charge in [0.05, 0.1) is 24.2 Å². The van der Waals surface area contributed by atoms with E-state index in [1.807, 2.05) is 0 Å². The Hall–Kier alpha value is -1.69. The van der Waals surface area contributed by atoms with Crippen LogP contribution in [-0.4, -0.2) is 23.3 Å². The maximum absolute atomic E-state index is 13.5. The van der Waals surface area contributed by atoms with Crippen molar-refractivity contribution >= 4 is 11.8 Å². The smallest absolute Gasteiger partial charge is 0.412 e. The van der Waals surface area contributed by atoms with Gasteiger partial charge in [0.2, 0.25) is 0 Å². The lowest BCUT2D eigenvalue weighted by Crippen LogP contribution is -2.27. The van der Waals surface area contributed by atoms with Crippen molar-refractivity contribution in [3.05, 3.63) is 23.8 Å². The molecule has 2 rings (SSSR count). The quantitative estimate of drug-likeness (QED) is 0.824. The molecule has 0 aliphatic carbocycles. The van der Waals surface area contributed by atoms with E-state index < -0.39 is 17.5 Å². The van der Waals surface area contributed by atoms with E-state index in [0.29, 0.717) is 12.3 Å². The van der Waals surface area contributed by atoms with Gasteiger partial charge in [-0.3, -0.25) is 10.3 Å². The minimum Gasteiger partial charge on any atom is -0.444 e. The maximum Gasteiger partial charge on any atom is 0.412 e. The molecule has 1 fully saturated rings. The largest absolute Gasteiger partial charge is 0.444 e. The third kappa shape index (κ3) is 3.40. The van der Waals surface area contributed by atoms with E-state index in [4.69, 9.17) is 9.47 Å². The normalized spacial score (nSPS) is 18.3. The van der Waals surface area contributed by atoms with Crippen molar-refractivity contribution in [2.75, 3.05) is 11.9 Å². The Morgan fingerprint density at radius 3 is 2.83 bits per heavy atom. The molecule has 1 saturated heterocycles. The Bertz CT molecular complexity index is 467. The molecule has 0 spiro atoms. The van der Waals surface area contributed by atoms with Gasteiger partial charge in [0.25, 0.3) is 0 Å². The summed E-state index contributed by atoms with van der Waals surface area (Å²) < 4.78 is 23.6. The molecular weight excluding hydrogens is 239 g/mol. The van der Waals surface area contributed by atoms with Gasteiger partial charge in [0.1, 0.15) is 11.7 Å². The molecule has 6 heteroatoms. The second-order valence-electron chi connectivity index (χ2n) is 5.04. The number of halogens is 1. The van der Waals surface area contributed by atoms with Crippen molar-refractivity contribution < 1.29 is 18.7 Å². The molecule has 5 nitrogen and oxygen atoms in total. The molecule has 1 aliphatic heterocycles. The van der Waals surface area contributed by atoms with E-state index in [1.54, 1.807) is 20.8 Å². The fourth-order valence-corrected chi connectivity index (χ4v) is 1.36. The lowest BCUT2D eigenvalue weighted by molar-refractivity contribution is 0.0635. The number of carbonyl (C=O) groups excluding carboxylic acids is 1. The molecular formula is C12H15FN2O3. The second kappa shape index (κ2) is 4.53. The highest BCUT2D eigenvalue weighted by Crippen LogP contribution is 2.30. The van der Waals surface area contributed by atoms with E-state index in [0.717, 1.165) is 6.20 Å². The molecule has 1 amide bonds. The molecule has 18 heavy (non-hydrogen) atoms. The number of pyridine rings is 1. The monoisotopic (exact) mass is 254 g/mol. The Morgan fingerprint density at radius 1 is 1.61 bits per heavy atom. The maximum atomic E-state index is 13.5. The van der Waals surface area contributed by atoms with Crippen LogP contribution in [0.4, 0.5) is 14.9 Å². The van der Waals surface area contributed by atoms with Crippen LogP contribution < -0.4 is 5.32 Å². The summed E-state index contributed by atoms with van der Waals surface area (Å²) in [5.41, 5.74) is 0.0166. The van der Waals surface area contributed by atoms with Crippen molar-refractivity contribution in [1.29, 1.82) is 0 Å². The van der Waals surface area contributed by atoms with Crippen molar-refractivity contribution in [2.24, 2.45) is 0 Å². The average Bonchev–Trinajstić information content (AvgIpc) is 3.01. The number of nitrogens with zero attached hydrogens (tertiary/aromatic N) is 1. The molecule has 0 aromatic carbocycles. The molecule has 0 saturated carbocycles. The highest BCUT2D eigenvalue weighted by molar-refractivity contribution is 5.85.